The van der Waals surface area contributed by atoms with Crippen molar-refractivity contribution in [3.63, 3.8) is 0 Å². The molecule has 1 heterocycles. The number of carboxylic acid groups (broad SMARTS) is 1. The van der Waals surface area contributed by atoms with Crippen LogP contribution in [0.5, 0.6) is 0 Å². The van der Waals surface area contributed by atoms with Gasteiger partial charge in [-0.1, -0.05) is 19.3 Å². The minimum atomic E-state index is -1.03. The highest BCUT2D eigenvalue weighted by Crippen LogP contribution is 2.32. The number of carbonyl (C=O) groups excluding carboxylic acids is 1. The fourth-order valence-corrected chi connectivity index (χ4v) is 3.59. The van der Waals surface area contributed by atoms with Gasteiger partial charge >= 0.3 is 12.0 Å². The molecule has 5 heteroatoms. The first kappa shape index (κ1) is 15.1. The Labute approximate surface area is 120 Å². The standard InChI is InChI=1S/C15H26N2O3/c1-3-16(12-8-5-4-6-9-12)14(20)17-11-7-10-15(17,2)13(18)19/h12H,3-11H2,1-2H3,(H,18,19). The lowest BCUT2D eigenvalue weighted by molar-refractivity contribution is -0.147. The smallest absolute Gasteiger partial charge is 0.329 e. The molecule has 1 atom stereocenters. The molecule has 1 saturated heterocycles. The molecule has 0 aromatic heterocycles. The number of amides is 2. The van der Waals surface area contributed by atoms with E-state index in [2.05, 4.69) is 0 Å². The van der Waals surface area contributed by atoms with Gasteiger partial charge in [-0.25, -0.2) is 9.59 Å². The molecule has 0 bridgehead atoms. The molecule has 0 aromatic rings. The average Bonchev–Trinajstić information content (AvgIpc) is 2.84. The van der Waals surface area contributed by atoms with Crippen LogP contribution in [-0.2, 0) is 4.79 Å². The molecule has 2 fully saturated rings. The number of rotatable bonds is 3. The lowest BCUT2D eigenvalue weighted by atomic mass is 9.94. The van der Waals surface area contributed by atoms with Gasteiger partial charge in [-0.05, 0) is 39.5 Å². The summed E-state index contributed by atoms with van der Waals surface area (Å²) >= 11 is 0. The van der Waals surface area contributed by atoms with Gasteiger partial charge in [0.15, 0.2) is 0 Å². The van der Waals surface area contributed by atoms with E-state index in [0.717, 1.165) is 19.3 Å². The molecule has 5 nitrogen and oxygen atoms in total. The number of carboxylic acids is 1. The molecule has 2 aliphatic rings. The molecule has 0 radical (unpaired) electrons. The molecule has 1 aliphatic heterocycles. The van der Waals surface area contributed by atoms with E-state index >= 15 is 0 Å². The van der Waals surface area contributed by atoms with Gasteiger partial charge in [0.05, 0.1) is 0 Å². The van der Waals surface area contributed by atoms with Crippen molar-refractivity contribution in [2.75, 3.05) is 13.1 Å². The van der Waals surface area contributed by atoms with Gasteiger partial charge in [-0.2, -0.15) is 0 Å². The normalized spacial score (nSPS) is 27.6. The van der Waals surface area contributed by atoms with Crippen molar-refractivity contribution < 1.29 is 14.7 Å². The molecule has 0 spiro atoms. The highest BCUT2D eigenvalue weighted by atomic mass is 16.4. The summed E-state index contributed by atoms with van der Waals surface area (Å²) in [5.74, 6) is -0.886. The monoisotopic (exact) mass is 282 g/mol. The number of urea groups is 1. The molecule has 1 N–H and O–H groups in total. The minimum Gasteiger partial charge on any atom is -0.480 e. The van der Waals surface area contributed by atoms with Crippen LogP contribution in [0.15, 0.2) is 0 Å². The van der Waals surface area contributed by atoms with E-state index in [4.69, 9.17) is 0 Å². The molecular weight excluding hydrogens is 256 g/mol. The van der Waals surface area contributed by atoms with Gasteiger partial charge in [0.2, 0.25) is 0 Å². The van der Waals surface area contributed by atoms with Gasteiger partial charge in [0, 0.05) is 19.1 Å². The molecule has 2 amide bonds. The van der Waals surface area contributed by atoms with Crippen LogP contribution in [-0.4, -0.2) is 51.6 Å². The number of nitrogens with zero attached hydrogens (tertiary/aromatic N) is 2. The third-order valence-corrected chi connectivity index (χ3v) is 4.93. The van der Waals surface area contributed by atoms with Crippen molar-refractivity contribution in [2.24, 2.45) is 0 Å². The van der Waals surface area contributed by atoms with Crippen molar-refractivity contribution in [1.82, 2.24) is 9.80 Å². The molecule has 1 unspecified atom stereocenters. The van der Waals surface area contributed by atoms with Crippen molar-refractivity contribution >= 4 is 12.0 Å². The van der Waals surface area contributed by atoms with Gasteiger partial charge < -0.3 is 14.9 Å². The predicted octanol–water partition coefficient (Wildman–Crippen LogP) is 2.70. The second-order valence-electron chi connectivity index (χ2n) is 6.19. The predicted molar refractivity (Wildman–Crippen MR) is 76.6 cm³/mol. The Kier molecular flexibility index (Phi) is 4.55. The molecule has 1 aliphatic carbocycles. The maximum absolute atomic E-state index is 12.8. The lowest BCUT2D eigenvalue weighted by Gasteiger charge is -2.40. The summed E-state index contributed by atoms with van der Waals surface area (Å²) in [7, 11) is 0. The second kappa shape index (κ2) is 6.02. The number of carbonyl (C=O) groups is 2. The third kappa shape index (κ3) is 2.63. The van der Waals surface area contributed by atoms with Gasteiger partial charge in [0.1, 0.15) is 5.54 Å². The Hall–Kier alpha value is -1.26. The third-order valence-electron chi connectivity index (χ3n) is 4.93. The number of likely N-dealkylation sites (tertiary alicyclic amines) is 1. The molecule has 0 aromatic carbocycles. The van der Waals surface area contributed by atoms with Crippen LogP contribution in [0.1, 0.15) is 58.8 Å². The summed E-state index contributed by atoms with van der Waals surface area (Å²) in [5.41, 5.74) is -1.03. The SMILES string of the molecule is CCN(C(=O)N1CCCC1(C)C(=O)O)C1CCCCC1. The summed E-state index contributed by atoms with van der Waals surface area (Å²) in [6.07, 6.45) is 7.02. The van der Waals surface area contributed by atoms with E-state index in [-0.39, 0.29) is 6.03 Å². The molecule has 2 rings (SSSR count). The van der Waals surface area contributed by atoms with E-state index in [1.165, 1.54) is 19.3 Å². The minimum absolute atomic E-state index is 0.0817. The summed E-state index contributed by atoms with van der Waals surface area (Å²) < 4.78 is 0. The van der Waals surface area contributed by atoms with Crippen LogP contribution in [0.4, 0.5) is 4.79 Å². The lowest BCUT2D eigenvalue weighted by Crippen LogP contribution is -2.57. The zero-order valence-electron chi connectivity index (χ0n) is 12.6. The fraction of sp³-hybridized carbons (Fsp3) is 0.867. The zero-order valence-corrected chi connectivity index (χ0v) is 12.6. The van der Waals surface area contributed by atoms with Crippen LogP contribution in [0.3, 0.4) is 0 Å². The molecular formula is C15H26N2O3. The van der Waals surface area contributed by atoms with Crippen LogP contribution in [0.25, 0.3) is 0 Å². The van der Waals surface area contributed by atoms with E-state index < -0.39 is 11.5 Å². The first-order valence-electron chi connectivity index (χ1n) is 7.82. The zero-order chi connectivity index (χ0) is 14.8. The van der Waals surface area contributed by atoms with Crippen molar-refractivity contribution in [2.45, 2.75) is 70.4 Å². The van der Waals surface area contributed by atoms with Crippen molar-refractivity contribution in [3.05, 3.63) is 0 Å². The number of aliphatic carboxylic acids is 1. The maximum Gasteiger partial charge on any atom is 0.329 e. The first-order valence-corrected chi connectivity index (χ1v) is 7.82. The highest BCUT2D eigenvalue weighted by Gasteiger charge is 2.47. The first-order chi connectivity index (χ1) is 9.50. The second-order valence-corrected chi connectivity index (χ2v) is 6.19. The number of hydrogen-bond donors (Lipinski definition) is 1. The van der Waals surface area contributed by atoms with E-state index in [0.29, 0.717) is 25.6 Å². The maximum atomic E-state index is 12.8. The van der Waals surface area contributed by atoms with E-state index in [9.17, 15) is 14.7 Å². The van der Waals surface area contributed by atoms with Crippen LogP contribution >= 0.6 is 0 Å². The summed E-state index contributed by atoms with van der Waals surface area (Å²) in [6, 6.07) is 0.210. The van der Waals surface area contributed by atoms with Crippen molar-refractivity contribution in [3.8, 4) is 0 Å². The van der Waals surface area contributed by atoms with Crippen LogP contribution < -0.4 is 0 Å². The fourth-order valence-electron chi connectivity index (χ4n) is 3.59. The quantitative estimate of drug-likeness (QED) is 0.865. The Bertz CT molecular complexity index is 379. The molecule has 1 saturated carbocycles. The molecule has 114 valence electrons. The van der Waals surface area contributed by atoms with E-state index in [1.54, 1.807) is 11.8 Å². The number of hydrogen-bond acceptors (Lipinski definition) is 2. The summed E-state index contributed by atoms with van der Waals surface area (Å²) in [4.78, 5) is 27.8. The van der Waals surface area contributed by atoms with Crippen LogP contribution in [0.2, 0.25) is 0 Å². The molecule has 20 heavy (non-hydrogen) atoms. The summed E-state index contributed by atoms with van der Waals surface area (Å²) in [6.45, 7) is 4.89. The van der Waals surface area contributed by atoms with Gasteiger partial charge in [-0.3, -0.25) is 0 Å². The van der Waals surface area contributed by atoms with Crippen molar-refractivity contribution in [1.29, 1.82) is 0 Å². The Morgan fingerprint density at radius 3 is 2.45 bits per heavy atom. The summed E-state index contributed by atoms with van der Waals surface area (Å²) in [5, 5.41) is 9.44. The largest absolute Gasteiger partial charge is 0.480 e. The Morgan fingerprint density at radius 2 is 1.90 bits per heavy atom. The Morgan fingerprint density at radius 1 is 1.25 bits per heavy atom. The van der Waals surface area contributed by atoms with Gasteiger partial charge in [0.25, 0.3) is 0 Å². The Balaban J connectivity index is 2.13. The van der Waals surface area contributed by atoms with E-state index in [1.807, 2.05) is 11.8 Å². The highest BCUT2D eigenvalue weighted by molar-refractivity contribution is 5.86. The van der Waals surface area contributed by atoms with Gasteiger partial charge in [-0.15, -0.1) is 0 Å². The topological polar surface area (TPSA) is 60.9 Å². The van der Waals surface area contributed by atoms with Crippen LogP contribution in [0, 0.1) is 0 Å². The average molecular weight is 282 g/mol.